The molecule has 1 fully saturated rings. The maximum atomic E-state index is 5.95. The molecule has 3 heteroatoms. The van der Waals surface area contributed by atoms with E-state index in [1.54, 1.807) is 0 Å². The molecule has 1 rings (SSSR count). The van der Waals surface area contributed by atoms with Crippen molar-refractivity contribution in [1.82, 2.24) is 9.80 Å². The molecule has 0 saturated carbocycles. The molecule has 0 radical (unpaired) electrons. The average Bonchev–Trinajstić information content (AvgIpc) is 2.67. The van der Waals surface area contributed by atoms with Gasteiger partial charge in [0.25, 0.3) is 0 Å². The molecule has 3 nitrogen and oxygen atoms in total. The van der Waals surface area contributed by atoms with Crippen molar-refractivity contribution in [3.63, 3.8) is 0 Å². The van der Waals surface area contributed by atoms with Crippen molar-refractivity contribution in [3.05, 3.63) is 0 Å². The van der Waals surface area contributed by atoms with Crippen LogP contribution in [0, 0.1) is 5.92 Å². The number of likely N-dealkylation sites (tertiary alicyclic amines) is 1. The highest BCUT2D eigenvalue weighted by molar-refractivity contribution is 4.90. The van der Waals surface area contributed by atoms with E-state index in [2.05, 4.69) is 37.7 Å². The molecule has 17 heavy (non-hydrogen) atoms. The van der Waals surface area contributed by atoms with E-state index in [0.717, 1.165) is 12.5 Å². The van der Waals surface area contributed by atoms with Gasteiger partial charge in [0.1, 0.15) is 0 Å². The number of hydrogen-bond acceptors (Lipinski definition) is 3. The topological polar surface area (TPSA) is 32.5 Å². The highest BCUT2D eigenvalue weighted by atomic mass is 15.3. The van der Waals surface area contributed by atoms with Gasteiger partial charge in [0.05, 0.1) is 0 Å². The van der Waals surface area contributed by atoms with Crippen molar-refractivity contribution in [1.29, 1.82) is 0 Å². The maximum Gasteiger partial charge on any atom is 0.0254 e. The van der Waals surface area contributed by atoms with Crippen molar-refractivity contribution in [2.45, 2.75) is 51.6 Å². The summed E-state index contributed by atoms with van der Waals surface area (Å²) < 4.78 is 0. The summed E-state index contributed by atoms with van der Waals surface area (Å²) in [6, 6.07) is 1.31. The van der Waals surface area contributed by atoms with Crippen molar-refractivity contribution >= 4 is 0 Å². The Balaban J connectivity index is 2.43. The summed E-state index contributed by atoms with van der Waals surface area (Å²) in [5, 5.41) is 0. The van der Waals surface area contributed by atoms with Gasteiger partial charge in [0.2, 0.25) is 0 Å². The van der Waals surface area contributed by atoms with E-state index in [1.807, 2.05) is 0 Å². The summed E-state index contributed by atoms with van der Waals surface area (Å²) in [6.45, 7) is 7.86. The lowest BCUT2D eigenvalue weighted by atomic mass is 10.1. The van der Waals surface area contributed by atoms with Crippen LogP contribution >= 0.6 is 0 Å². The van der Waals surface area contributed by atoms with Crippen molar-refractivity contribution in [2.75, 3.05) is 33.7 Å². The Morgan fingerprint density at radius 2 is 2.00 bits per heavy atom. The molecule has 0 aromatic heterocycles. The highest BCUT2D eigenvalue weighted by Gasteiger charge is 2.33. The van der Waals surface area contributed by atoms with Crippen LogP contribution in [0.15, 0.2) is 0 Å². The molecule has 0 amide bonds. The third-order valence-electron chi connectivity index (χ3n) is 4.19. The minimum atomic E-state index is 0.606. The number of likely N-dealkylation sites (N-methyl/N-ethyl adjacent to an activating group) is 1. The fraction of sp³-hybridized carbons (Fsp3) is 1.00. The molecule has 1 saturated heterocycles. The maximum absolute atomic E-state index is 5.95. The van der Waals surface area contributed by atoms with Crippen LogP contribution in [-0.4, -0.2) is 55.6 Å². The van der Waals surface area contributed by atoms with Crippen LogP contribution in [0.4, 0.5) is 0 Å². The molecule has 0 spiro atoms. The van der Waals surface area contributed by atoms with Crippen LogP contribution in [0.5, 0.6) is 0 Å². The van der Waals surface area contributed by atoms with Crippen LogP contribution in [0.2, 0.25) is 0 Å². The molecule has 0 bridgehead atoms. The van der Waals surface area contributed by atoms with E-state index in [1.165, 1.54) is 38.8 Å². The molecule has 102 valence electrons. The smallest absolute Gasteiger partial charge is 0.0254 e. The quantitative estimate of drug-likeness (QED) is 0.690. The summed E-state index contributed by atoms with van der Waals surface area (Å²) in [5.41, 5.74) is 5.95. The van der Waals surface area contributed by atoms with Crippen LogP contribution in [-0.2, 0) is 0 Å². The van der Waals surface area contributed by atoms with E-state index in [-0.39, 0.29) is 0 Å². The molecular formula is C14H31N3. The Labute approximate surface area is 107 Å². The molecule has 3 unspecified atom stereocenters. The van der Waals surface area contributed by atoms with Crippen molar-refractivity contribution < 1.29 is 0 Å². The molecule has 2 N–H and O–H groups in total. The summed E-state index contributed by atoms with van der Waals surface area (Å²) in [6.07, 6.45) is 5.25. The Kier molecular flexibility index (Phi) is 6.45. The number of rotatable bonds is 7. The van der Waals surface area contributed by atoms with Gasteiger partial charge in [-0.05, 0) is 26.4 Å². The van der Waals surface area contributed by atoms with E-state index >= 15 is 0 Å². The zero-order valence-electron chi connectivity index (χ0n) is 12.2. The molecule has 3 atom stereocenters. The van der Waals surface area contributed by atoms with E-state index < -0.39 is 0 Å². The van der Waals surface area contributed by atoms with Crippen LogP contribution in [0.25, 0.3) is 0 Å². The Hall–Kier alpha value is -0.120. The Morgan fingerprint density at radius 1 is 1.29 bits per heavy atom. The lowest BCUT2D eigenvalue weighted by Gasteiger charge is -2.27. The summed E-state index contributed by atoms with van der Waals surface area (Å²) in [5.74, 6) is 0.769. The summed E-state index contributed by atoms with van der Waals surface area (Å²) >= 11 is 0. The van der Waals surface area contributed by atoms with Crippen LogP contribution in [0.1, 0.15) is 39.5 Å². The summed E-state index contributed by atoms with van der Waals surface area (Å²) in [4.78, 5) is 4.98. The van der Waals surface area contributed by atoms with Crippen LogP contribution in [0.3, 0.4) is 0 Å². The summed E-state index contributed by atoms with van der Waals surface area (Å²) in [7, 11) is 4.39. The molecule has 1 aliphatic rings. The van der Waals surface area contributed by atoms with E-state index in [4.69, 9.17) is 5.73 Å². The highest BCUT2D eigenvalue weighted by Crippen LogP contribution is 2.23. The van der Waals surface area contributed by atoms with Gasteiger partial charge in [0.15, 0.2) is 0 Å². The third kappa shape index (κ3) is 4.23. The van der Waals surface area contributed by atoms with Crippen molar-refractivity contribution in [2.24, 2.45) is 11.7 Å². The minimum Gasteiger partial charge on any atom is -0.329 e. The number of unbranched alkanes of at least 4 members (excludes halogenated alkanes) is 2. The minimum absolute atomic E-state index is 0.606. The second kappa shape index (κ2) is 7.34. The Morgan fingerprint density at radius 3 is 2.47 bits per heavy atom. The first-order valence-electron chi connectivity index (χ1n) is 7.20. The SMILES string of the molecule is CCCCCC(CN)N1CC(C)C(N(C)C)C1. The second-order valence-electron chi connectivity index (χ2n) is 5.85. The van der Waals surface area contributed by atoms with Gasteiger partial charge in [-0.3, -0.25) is 4.90 Å². The molecular weight excluding hydrogens is 210 g/mol. The third-order valence-corrected chi connectivity index (χ3v) is 4.19. The van der Waals surface area contributed by atoms with E-state index in [0.29, 0.717) is 12.1 Å². The number of nitrogens with two attached hydrogens (primary N) is 1. The van der Waals surface area contributed by atoms with Crippen molar-refractivity contribution in [3.8, 4) is 0 Å². The molecule has 1 heterocycles. The normalized spacial score (nSPS) is 27.9. The zero-order chi connectivity index (χ0) is 12.8. The zero-order valence-corrected chi connectivity index (χ0v) is 12.2. The molecule has 0 aromatic carbocycles. The lowest BCUT2D eigenvalue weighted by Crippen LogP contribution is -2.41. The van der Waals surface area contributed by atoms with E-state index in [9.17, 15) is 0 Å². The Bertz CT molecular complexity index is 206. The predicted molar refractivity (Wildman–Crippen MR) is 75.2 cm³/mol. The average molecular weight is 241 g/mol. The van der Waals surface area contributed by atoms with Gasteiger partial charge in [-0.25, -0.2) is 0 Å². The first-order chi connectivity index (χ1) is 8.10. The van der Waals surface area contributed by atoms with Gasteiger partial charge in [-0.2, -0.15) is 0 Å². The van der Waals surface area contributed by atoms with Gasteiger partial charge in [-0.15, -0.1) is 0 Å². The first-order valence-corrected chi connectivity index (χ1v) is 7.20. The van der Waals surface area contributed by atoms with Gasteiger partial charge in [-0.1, -0.05) is 33.1 Å². The van der Waals surface area contributed by atoms with Gasteiger partial charge >= 0.3 is 0 Å². The van der Waals surface area contributed by atoms with Gasteiger partial charge in [0, 0.05) is 31.7 Å². The molecule has 1 aliphatic heterocycles. The largest absolute Gasteiger partial charge is 0.329 e. The predicted octanol–water partition coefficient (Wildman–Crippen LogP) is 1.78. The first kappa shape index (κ1) is 14.9. The molecule has 0 aromatic rings. The second-order valence-corrected chi connectivity index (χ2v) is 5.85. The number of nitrogens with zero attached hydrogens (tertiary/aromatic N) is 2. The standard InChI is InChI=1S/C14H31N3/c1-5-6-7-8-13(9-15)17-10-12(2)14(11-17)16(3)4/h12-14H,5-11,15H2,1-4H3. The number of hydrogen-bond donors (Lipinski definition) is 1. The lowest BCUT2D eigenvalue weighted by molar-refractivity contribution is 0.207. The fourth-order valence-corrected chi connectivity index (χ4v) is 3.04. The monoisotopic (exact) mass is 241 g/mol. The van der Waals surface area contributed by atoms with Crippen LogP contribution < -0.4 is 5.73 Å². The van der Waals surface area contributed by atoms with Gasteiger partial charge < -0.3 is 10.6 Å². The molecule has 0 aliphatic carbocycles. The fourth-order valence-electron chi connectivity index (χ4n) is 3.04.